The highest BCUT2D eigenvalue weighted by atomic mass is 32.1. The molecule has 0 bridgehead atoms. The predicted octanol–water partition coefficient (Wildman–Crippen LogP) is 3.87. The number of aliphatic hydroxyl groups excluding tert-OH is 1. The fourth-order valence-electron chi connectivity index (χ4n) is 3.81. The van der Waals surface area contributed by atoms with E-state index in [0.29, 0.717) is 18.2 Å². The molecule has 30 heavy (non-hydrogen) atoms. The first-order chi connectivity index (χ1) is 14.6. The number of piperidine rings is 1. The normalized spacial score (nSPS) is 16.5. The first kappa shape index (κ1) is 20.8. The third-order valence-corrected chi connectivity index (χ3v) is 6.53. The standard InChI is InChI=1S/C23H27N3O3S/c1-16(27)24-18-6-8-20(9-7-18)29-15-19(28)14-26-12-10-17(11-13-26)23-25-21-4-2-3-5-22(21)30-23/h2-9,17,19,28H,10-15H2,1H3,(H,24,27). The van der Waals surface area contributed by atoms with Gasteiger partial charge in [-0.2, -0.15) is 0 Å². The van der Waals surface area contributed by atoms with Crippen molar-refractivity contribution in [2.75, 3.05) is 31.6 Å². The lowest BCUT2D eigenvalue weighted by atomic mass is 9.97. The molecule has 2 N–H and O–H groups in total. The molecule has 1 saturated heterocycles. The first-order valence-corrected chi connectivity index (χ1v) is 11.1. The van der Waals surface area contributed by atoms with Crippen molar-refractivity contribution in [2.45, 2.75) is 31.8 Å². The van der Waals surface area contributed by atoms with Gasteiger partial charge in [-0.05, 0) is 62.3 Å². The maximum atomic E-state index is 11.1. The van der Waals surface area contributed by atoms with Crippen molar-refractivity contribution in [1.82, 2.24) is 9.88 Å². The number of anilines is 1. The molecule has 6 nitrogen and oxygen atoms in total. The minimum absolute atomic E-state index is 0.106. The Kier molecular flexibility index (Phi) is 6.62. The Morgan fingerprint density at radius 2 is 1.97 bits per heavy atom. The van der Waals surface area contributed by atoms with Gasteiger partial charge in [-0.1, -0.05) is 12.1 Å². The van der Waals surface area contributed by atoms with E-state index in [4.69, 9.17) is 9.72 Å². The number of nitrogens with one attached hydrogen (secondary N) is 1. The van der Waals surface area contributed by atoms with Crippen LogP contribution in [0.15, 0.2) is 48.5 Å². The number of aliphatic hydroxyl groups is 1. The number of carbonyl (C=O) groups excluding carboxylic acids is 1. The lowest BCUT2D eigenvalue weighted by molar-refractivity contribution is -0.114. The number of likely N-dealkylation sites (tertiary alicyclic amines) is 1. The Balaban J connectivity index is 1.21. The number of para-hydroxylation sites is 1. The van der Waals surface area contributed by atoms with Crippen LogP contribution < -0.4 is 10.1 Å². The van der Waals surface area contributed by atoms with Gasteiger partial charge in [0.15, 0.2) is 0 Å². The molecule has 158 valence electrons. The molecule has 0 spiro atoms. The second kappa shape index (κ2) is 9.55. The predicted molar refractivity (Wildman–Crippen MR) is 120 cm³/mol. The molecule has 7 heteroatoms. The third-order valence-electron chi connectivity index (χ3n) is 5.33. The fourth-order valence-corrected chi connectivity index (χ4v) is 4.94. The monoisotopic (exact) mass is 425 g/mol. The van der Waals surface area contributed by atoms with E-state index in [9.17, 15) is 9.90 Å². The van der Waals surface area contributed by atoms with Crippen molar-refractivity contribution in [2.24, 2.45) is 0 Å². The molecule has 1 aromatic heterocycles. The minimum atomic E-state index is -0.543. The van der Waals surface area contributed by atoms with Gasteiger partial charge >= 0.3 is 0 Å². The highest BCUT2D eigenvalue weighted by Gasteiger charge is 2.24. The number of aromatic nitrogens is 1. The summed E-state index contributed by atoms with van der Waals surface area (Å²) in [5.74, 6) is 1.08. The number of fused-ring (bicyclic) bond motifs is 1. The fraction of sp³-hybridized carbons (Fsp3) is 0.391. The van der Waals surface area contributed by atoms with Crippen molar-refractivity contribution in [3.05, 3.63) is 53.5 Å². The first-order valence-electron chi connectivity index (χ1n) is 10.3. The van der Waals surface area contributed by atoms with Gasteiger partial charge in [-0.25, -0.2) is 4.98 Å². The van der Waals surface area contributed by atoms with Gasteiger partial charge < -0.3 is 20.1 Å². The van der Waals surface area contributed by atoms with Gasteiger partial charge in [-0.15, -0.1) is 11.3 Å². The summed E-state index contributed by atoms with van der Waals surface area (Å²) in [4.78, 5) is 18.2. The summed E-state index contributed by atoms with van der Waals surface area (Å²) in [5, 5.41) is 14.3. The molecule has 3 aromatic rings. The van der Waals surface area contributed by atoms with Crippen LogP contribution in [0.25, 0.3) is 10.2 Å². The zero-order valence-corrected chi connectivity index (χ0v) is 17.9. The van der Waals surface area contributed by atoms with Gasteiger partial charge in [0.2, 0.25) is 5.91 Å². The van der Waals surface area contributed by atoms with E-state index < -0.39 is 6.10 Å². The van der Waals surface area contributed by atoms with Crippen LogP contribution in [0.5, 0.6) is 5.75 Å². The van der Waals surface area contributed by atoms with Crippen LogP contribution in [0.1, 0.15) is 30.7 Å². The maximum absolute atomic E-state index is 11.1. The van der Waals surface area contributed by atoms with Crippen molar-refractivity contribution in [1.29, 1.82) is 0 Å². The molecule has 1 amide bonds. The van der Waals surface area contributed by atoms with E-state index in [0.717, 1.165) is 37.1 Å². The average Bonchev–Trinajstić information content (AvgIpc) is 3.18. The lowest BCUT2D eigenvalue weighted by Gasteiger charge is -2.32. The molecule has 4 rings (SSSR count). The summed E-state index contributed by atoms with van der Waals surface area (Å²) in [7, 11) is 0. The molecule has 1 unspecified atom stereocenters. The van der Waals surface area contributed by atoms with Gasteiger partial charge in [0, 0.05) is 25.1 Å². The molecular formula is C23H27N3O3S. The third kappa shape index (κ3) is 5.36. The number of ether oxygens (including phenoxy) is 1. The summed E-state index contributed by atoms with van der Waals surface area (Å²) in [6.45, 7) is 4.25. The summed E-state index contributed by atoms with van der Waals surface area (Å²) in [5.41, 5.74) is 1.82. The number of hydrogen-bond donors (Lipinski definition) is 2. The largest absolute Gasteiger partial charge is 0.491 e. The van der Waals surface area contributed by atoms with E-state index >= 15 is 0 Å². The van der Waals surface area contributed by atoms with E-state index in [2.05, 4.69) is 28.4 Å². The second-order valence-electron chi connectivity index (χ2n) is 7.77. The average molecular weight is 426 g/mol. The highest BCUT2D eigenvalue weighted by molar-refractivity contribution is 7.18. The Morgan fingerprint density at radius 3 is 2.67 bits per heavy atom. The number of amides is 1. The molecule has 2 heterocycles. The summed E-state index contributed by atoms with van der Waals surface area (Å²) < 4.78 is 6.95. The Bertz CT molecular complexity index is 948. The van der Waals surface area contributed by atoms with E-state index in [1.165, 1.54) is 16.6 Å². The van der Waals surface area contributed by atoms with Gasteiger partial charge in [-0.3, -0.25) is 4.79 Å². The topological polar surface area (TPSA) is 74.7 Å². The number of β-amino-alcohol motifs (C(OH)–C–C–N with tert-alkyl or cyclic N) is 1. The maximum Gasteiger partial charge on any atom is 0.221 e. The lowest BCUT2D eigenvalue weighted by Crippen LogP contribution is -2.40. The van der Waals surface area contributed by atoms with E-state index in [1.807, 2.05) is 6.07 Å². The van der Waals surface area contributed by atoms with Crippen LogP contribution >= 0.6 is 11.3 Å². The van der Waals surface area contributed by atoms with Crippen LogP contribution in [0, 0.1) is 0 Å². The molecule has 0 radical (unpaired) electrons. The van der Waals surface area contributed by atoms with Gasteiger partial charge in [0.1, 0.15) is 18.5 Å². The number of nitrogens with zero attached hydrogens (tertiary/aromatic N) is 2. The molecule has 1 fully saturated rings. The summed E-state index contributed by atoms with van der Waals surface area (Å²) in [6.07, 6.45) is 1.59. The zero-order chi connectivity index (χ0) is 20.9. The Morgan fingerprint density at radius 1 is 1.23 bits per heavy atom. The summed E-state index contributed by atoms with van der Waals surface area (Å²) >= 11 is 1.81. The minimum Gasteiger partial charge on any atom is -0.491 e. The van der Waals surface area contributed by atoms with Crippen molar-refractivity contribution < 1.29 is 14.6 Å². The second-order valence-corrected chi connectivity index (χ2v) is 8.83. The van der Waals surface area contributed by atoms with Crippen LogP contribution in [0.3, 0.4) is 0 Å². The van der Waals surface area contributed by atoms with Gasteiger partial charge in [0.25, 0.3) is 0 Å². The van der Waals surface area contributed by atoms with Crippen molar-refractivity contribution >= 4 is 33.1 Å². The summed E-state index contributed by atoms with van der Waals surface area (Å²) in [6, 6.07) is 15.5. The molecule has 1 atom stereocenters. The number of hydrogen-bond acceptors (Lipinski definition) is 6. The smallest absolute Gasteiger partial charge is 0.221 e. The van der Waals surface area contributed by atoms with Crippen molar-refractivity contribution in [3.63, 3.8) is 0 Å². The Labute approximate surface area is 180 Å². The molecule has 2 aromatic carbocycles. The highest BCUT2D eigenvalue weighted by Crippen LogP contribution is 2.33. The number of carbonyl (C=O) groups is 1. The molecular weight excluding hydrogens is 398 g/mol. The van der Waals surface area contributed by atoms with Crippen LogP contribution in [-0.4, -0.2) is 53.2 Å². The number of rotatable bonds is 7. The molecule has 0 aliphatic carbocycles. The quantitative estimate of drug-likeness (QED) is 0.601. The van der Waals surface area contributed by atoms with Crippen LogP contribution in [-0.2, 0) is 4.79 Å². The number of benzene rings is 2. The zero-order valence-electron chi connectivity index (χ0n) is 17.1. The van der Waals surface area contributed by atoms with E-state index in [1.54, 1.807) is 35.6 Å². The SMILES string of the molecule is CC(=O)Nc1ccc(OCC(O)CN2CCC(c3nc4ccccc4s3)CC2)cc1. The van der Waals surface area contributed by atoms with Crippen LogP contribution in [0.2, 0.25) is 0 Å². The molecule has 1 aliphatic rings. The van der Waals surface area contributed by atoms with Crippen molar-refractivity contribution in [3.8, 4) is 5.75 Å². The van der Waals surface area contributed by atoms with Crippen LogP contribution in [0.4, 0.5) is 5.69 Å². The van der Waals surface area contributed by atoms with E-state index in [-0.39, 0.29) is 12.5 Å². The Hall–Kier alpha value is -2.48. The molecule has 0 saturated carbocycles. The molecule has 1 aliphatic heterocycles. The van der Waals surface area contributed by atoms with Gasteiger partial charge in [0.05, 0.1) is 15.2 Å². The number of thiazole rings is 1.